The van der Waals surface area contributed by atoms with E-state index in [0.29, 0.717) is 11.7 Å². The van der Waals surface area contributed by atoms with E-state index in [1.807, 2.05) is 41.5 Å². The summed E-state index contributed by atoms with van der Waals surface area (Å²) in [5.74, 6) is 0.312. The molecule has 0 bridgehead atoms. The van der Waals surface area contributed by atoms with Crippen LogP contribution in [0.5, 0.6) is 0 Å². The summed E-state index contributed by atoms with van der Waals surface area (Å²) in [5, 5.41) is 0. The minimum atomic E-state index is -0.521. The molecule has 0 radical (unpaired) electrons. The van der Waals surface area contributed by atoms with Crippen LogP contribution in [0.4, 0.5) is 10.2 Å². The fourth-order valence-electron chi connectivity index (χ4n) is 1.72. The van der Waals surface area contributed by atoms with Crippen LogP contribution in [0, 0.1) is 5.95 Å². The molecule has 0 aliphatic heterocycles. The van der Waals surface area contributed by atoms with Gasteiger partial charge in [0.25, 0.3) is 5.56 Å². The SMILES string of the molecule is CC.CC(C)c1ccc(F)nc1N.CC(C)c1cnc[nH]c1=O. The van der Waals surface area contributed by atoms with E-state index >= 15 is 0 Å². The predicted molar refractivity (Wildman–Crippen MR) is 93.0 cm³/mol. The first-order valence-electron chi connectivity index (χ1n) is 7.77. The Morgan fingerprint density at radius 1 is 1.09 bits per heavy atom. The number of H-pyrrole nitrogens is 1. The molecular weight excluding hydrogens is 295 g/mol. The molecule has 2 aromatic heterocycles. The number of pyridine rings is 1. The average molecular weight is 322 g/mol. The number of halogens is 1. The highest BCUT2D eigenvalue weighted by Crippen LogP contribution is 2.19. The number of hydrogen-bond acceptors (Lipinski definition) is 4. The second kappa shape index (κ2) is 10.5. The fraction of sp³-hybridized carbons (Fsp3) is 0.471. The van der Waals surface area contributed by atoms with Gasteiger partial charge in [-0.25, -0.2) is 9.97 Å². The maximum atomic E-state index is 12.4. The van der Waals surface area contributed by atoms with Crippen LogP contribution >= 0.6 is 0 Å². The van der Waals surface area contributed by atoms with Crippen molar-refractivity contribution in [3.05, 3.63) is 52.1 Å². The van der Waals surface area contributed by atoms with Gasteiger partial charge in [0.15, 0.2) is 0 Å². The quantitative estimate of drug-likeness (QED) is 0.823. The zero-order chi connectivity index (χ0) is 18.0. The third-order valence-electron chi connectivity index (χ3n) is 2.91. The number of nitrogens with zero attached hydrogens (tertiary/aromatic N) is 2. The summed E-state index contributed by atoms with van der Waals surface area (Å²) in [6.07, 6.45) is 3.00. The van der Waals surface area contributed by atoms with Gasteiger partial charge >= 0.3 is 0 Å². The van der Waals surface area contributed by atoms with Gasteiger partial charge in [0.05, 0.1) is 6.33 Å². The number of aromatic amines is 1. The van der Waals surface area contributed by atoms with Gasteiger partial charge < -0.3 is 10.7 Å². The molecule has 0 amide bonds. The summed E-state index contributed by atoms with van der Waals surface area (Å²) >= 11 is 0. The Hall–Kier alpha value is -2.24. The van der Waals surface area contributed by atoms with Gasteiger partial charge in [0.1, 0.15) is 5.82 Å². The largest absolute Gasteiger partial charge is 0.383 e. The highest BCUT2D eigenvalue weighted by Gasteiger charge is 2.05. The third kappa shape index (κ3) is 7.04. The van der Waals surface area contributed by atoms with E-state index in [1.54, 1.807) is 12.3 Å². The first-order chi connectivity index (χ1) is 10.8. The molecule has 2 rings (SSSR count). The molecule has 5 nitrogen and oxygen atoms in total. The van der Waals surface area contributed by atoms with Gasteiger partial charge in [-0.1, -0.05) is 47.6 Å². The van der Waals surface area contributed by atoms with E-state index in [4.69, 9.17) is 5.73 Å². The number of nitrogens with two attached hydrogens (primary N) is 1. The number of anilines is 1. The molecule has 2 aromatic rings. The molecule has 0 spiro atoms. The molecule has 0 saturated carbocycles. The molecule has 0 atom stereocenters. The van der Waals surface area contributed by atoms with E-state index in [9.17, 15) is 9.18 Å². The molecule has 0 saturated heterocycles. The molecule has 0 fully saturated rings. The van der Waals surface area contributed by atoms with Gasteiger partial charge in [0.2, 0.25) is 5.95 Å². The molecule has 128 valence electrons. The van der Waals surface area contributed by atoms with Crippen molar-refractivity contribution in [2.45, 2.75) is 53.4 Å². The Labute approximate surface area is 137 Å². The molecule has 23 heavy (non-hydrogen) atoms. The minimum absolute atomic E-state index is 0.0370. The zero-order valence-electron chi connectivity index (χ0n) is 14.7. The van der Waals surface area contributed by atoms with Crippen LogP contribution in [0.1, 0.15) is 64.5 Å². The molecule has 0 unspecified atom stereocenters. The van der Waals surface area contributed by atoms with E-state index in [-0.39, 0.29) is 11.5 Å². The van der Waals surface area contributed by atoms with Crippen LogP contribution in [0.2, 0.25) is 0 Å². The van der Waals surface area contributed by atoms with Crippen molar-refractivity contribution < 1.29 is 4.39 Å². The van der Waals surface area contributed by atoms with E-state index in [1.165, 1.54) is 12.4 Å². The summed E-state index contributed by atoms with van der Waals surface area (Å²) in [5.41, 5.74) is 7.07. The van der Waals surface area contributed by atoms with Crippen LogP contribution in [-0.4, -0.2) is 15.0 Å². The number of hydrogen-bond donors (Lipinski definition) is 2. The van der Waals surface area contributed by atoms with Crippen molar-refractivity contribution >= 4 is 5.82 Å². The zero-order valence-corrected chi connectivity index (χ0v) is 14.7. The van der Waals surface area contributed by atoms with Crippen molar-refractivity contribution in [2.75, 3.05) is 5.73 Å². The minimum Gasteiger partial charge on any atom is -0.383 e. The van der Waals surface area contributed by atoms with Crippen molar-refractivity contribution in [1.29, 1.82) is 0 Å². The smallest absolute Gasteiger partial charge is 0.254 e. The van der Waals surface area contributed by atoms with Gasteiger partial charge in [-0.2, -0.15) is 4.39 Å². The standard InChI is InChI=1S/C8H11FN2.C7H10N2O.C2H6/c1-5(2)6-3-4-7(9)11-8(6)10;1-5(2)6-3-8-4-9-7(6)10;1-2/h3-5H,1-2H3,(H2,10,11);3-5H,1-2H3,(H,8,9,10);1-2H3. The number of nitrogen functional groups attached to an aromatic ring is 1. The Morgan fingerprint density at radius 3 is 2.04 bits per heavy atom. The molecule has 2 heterocycles. The van der Waals surface area contributed by atoms with Crippen LogP contribution in [0.15, 0.2) is 29.5 Å². The lowest BCUT2D eigenvalue weighted by Crippen LogP contribution is -2.13. The normalized spacial score (nSPS) is 9.78. The first-order valence-corrected chi connectivity index (χ1v) is 7.77. The van der Waals surface area contributed by atoms with Gasteiger partial charge in [-0.3, -0.25) is 4.79 Å². The predicted octanol–water partition coefficient (Wildman–Crippen LogP) is 3.85. The van der Waals surface area contributed by atoms with Crippen LogP contribution < -0.4 is 11.3 Å². The summed E-state index contributed by atoms with van der Waals surface area (Å²) in [6, 6.07) is 2.99. The maximum Gasteiger partial charge on any atom is 0.254 e. The first kappa shape index (κ1) is 20.8. The average Bonchev–Trinajstić information content (AvgIpc) is 2.49. The molecule has 6 heteroatoms. The molecule has 0 aliphatic carbocycles. The van der Waals surface area contributed by atoms with Crippen molar-refractivity contribution in [3.8, 4) is 0 Å². The van der Waals surface area contributed by atoms with Crippen molar-refractivity contribution in [1.82, 2.24) is 15.0 Å². The number of nitrogens with one attached hydrogen (secondary N) is 1. The number of aromatic nitrogens is 3. The van der Waals surface area contributed by atoms with E-state index < -0.39 is 5.95 Å². The third-order valence-corrected chi connectivity index (χ3v) is 2.91. The Balaban J connectivity index is 0.000000381. The topological polar surface area (TPSA) is 84.7 Å². The summed E-state index contributed by atoms with van der Waals surface area (Å²) in [7, 11) is 0. The maximum absolute atomic E-state index is 12.4. The summed E-state index contributed by atoms with van der Waals surface area (Å²) in [4.78, 5) is 20.8. The lowest BCUT2D eigenvalue weighted by atomic mass is 10.1. The molecule has 0 aliphatic rings. The van der Waals surface area contributed by atoms with E-state index in [0.717, 1.165) is 11.1 Å². The van der Waals surface area contributed by atoms with Crippen molar-refractivity contribution in [3.63, 3.8) is 0 Å². The highest BCUT2D eigenvalue weighted by molar-refractivity contribution is 5.40. The monoisotopic (exact) mass is 322 g/mol. The van der Waals surface area contributed by atoms with Crippen molar-refractivity contribution in [2.24, 2.45) is 0 Å². The van der Waals surface area contributed by atoms with E-state index in [2.05, 4.69) is 15.0 Å². The second-order valence-electron chi connectivity index (χ2n) is 5.25. The second-order valence-corrected chi connectivity index (χ2v) is 5.25. The van der Waals surface area contributed by atoms with Crippen LogP contribution in [0.3, 0.4) is 0 Å². The lowest BCUT2D eigenvalue weighted by molar-refractivity contribution is 0.583. The fourth-order valence-corrected chi connectivity index (χ4v) is 1.72. The van der Waals surface area contributed by atoms with Gasteiger partial charge in [0, 0.05) is 11.8 Å². The highest BCUT2D eigenvalue weighted by atomic mass is 19.1. The van der Waals surface area contributed by atoms with Gasteiger partial charge in [-0.05, 0) is 23.5 Å². The molecular formula is C17H27FN4O. The Kier molecular flexibility index (Phi) is 9.46. The summed E-state index contributed by atoms with van der Waals surface area (Å²) in [6.45, 7) is 11.9. The number of rotatable bonds is 2. The Morgan fingerprint density at radius 2 is 1.65 bits per heavy atom. The lowest BCUT2D eigenvalue weighted by Gasteiger charge is -2.06. The van der Waals surface area contributed by atoms with Crippen LogP contribution in [0.25, 0.3) is 0 Å². The summed E-state index contributed by atoms with van der Waals surface area (Å²) < 4.78 is 12.4. The van der Waals surface area contributed by atoms with Crippen LogP contribution in [-0.2, 0) is 0 Å². The Bertz CT molecular complexity index is 638. The molecule has 0 aromatic carbocycles. The molecule has 3 N–H and O–H groups in total. The van der Waals surface area contributed by atoms with Gasteiger partial charge in [-0.15, -0.1) is 0 Å².